The Hall–Kier alpha value is -1.71. The second-order valence-electron chi connectivity index (χ2n) is 8.17. The van der Waals surface area contributed by atoms with E-state index in [1.54, 1.807) is 4.90 Å². The first-order valence-corrected chi connectivity index (χ1v) is 9.12. The highest BCUT2D eigenvalue weighted by atomic mass is 16.6. The number of hydrogen-bond acceptors (Lipinski definition) is 3. The van der Waals surface area contributed by atoms with Gasteiger partial charge in [-0.05, 0) is 82.6 Å². The average molecular weight is 331 g/mol. The number of ether oxygens (including phenoxy) is 2. The van der Waals surface area contributed by atoms with E-state index in [1.807, 2.05) is 32.9 Å². The lowest BCUT2D eigenvalue weighted by molar-refractivity contribution is 0.0584. The SMILES string of the molecule is CC1CCC(Oc2ccc3c(c2)CCN3C(=O)OC(C)(C)C)CC1. The molecule has 1 aromatic carbocycles. The van der Waals surface area contributed by atoms with E-state index in [0.717, 1.165) is 36.6 Å². The molecule has 4 nitrogen and oxygen atoms in total. The van der Waals surface area contributed by atoms with Crippen LogP contribution in [0.1, 0.15) is 58.9 Å². The lowest BCUT2D eigenvalue weighted by Gasteiger charge is -2.27. The second kappa shape index (κ2) is 6.66. The lowest BCUT2D eigenvalue weighted by Crippen LogP contribution is -2.35. The van der Waals surface area contributed by atoms with Crippen molar-refractivity contribution in [3.05, 3.63) is 23.8 Å². The van der Waals surface area contributed by atoms with Crippen LogP contribution >= 0.6 is 0 Å². The number of amides is 1. The van der Waals surface area contributed by atoms with Crippen LogP contribution in [0.25, 0.3) is 0 Å². The molecule has 2 aliphatic rings. The van der Waals surface area contributed by atoms with Crippen LogP contribution in [0.3, 0.4) is 0 Å². The maximum atomic E-state index is 12.3. The van der Waals surface area contributed by atoms with Crippen LogP contribution in [0.4, 0.5) is 10.5 Å². The highest BCUT2D eigenvalue weighted by molar-refractivity contribution is 5.90. The molecule has 1 saturated carbocycles. The van der Waals surface area contributed by atoms with E-state index < -0.39 is 5.60 Å². The van der Waals surface area contributed by atoms with Gasteiger partial charge >= 0.3 is 6.09 Å². The fourth-order valence-electron chi connectivity index (χ4n) is 3.50. The van der Waals surface area contributed by atoms with Crippen LogP contribution in [-0.2, 0) is 11.2 Å². The monoisotopic (exact) mass is 331 g/mol. The molecule has 132 valence electrons. The van der Waals surface area contributed by atoms with E-state index in [2.05, 4.69) is 13.0 Å². The van der Waals surface area contributed by atoms with Crippen LogP contribution in [-0.4, -0.2) is 24.3 Å². The summed E-state index contributed by atoms with van der Waals surface area (Å²) < 4.78 is 11.7. The summed E-state index contributed by atoms with van der Waals surface area (Å²) in [6.07, 6.45) is 5.71. The second-order valence-corrected chi connectivity index (χ2v) is 8.17. The zero-order valence-corrected chi connectivity index (χ0v) is 15.3. The molecule has 3 rings (SSSR count). The van der Waals surface area contributed by atoms with Crippen molar-refractivity contribution >= 4 is 11.8 Å². The number of nitrogens with zero attached hydrogens (tertiary/aromatic N) is 1. The van der Waals surface area contributed by atoms with Crippen molar-refractivity contribution in [3.8, 4) is 5.75 Å². The number of fused-ring (bicyclic) bond motifs is 1. The van der Waals surface area contributed by atoms with Crippen LogP contribution in [0.15, 0.2) is 18.2 Å². The van der Waals surface area contributed by atoms with Crippen LogP contribution in [0.2, 0.25) is 0 Å². The number of carbonyl (C=O) groups excluding carboxylic acids is 1. The fourth-order valence-corrected chi connectivity index (χ4v) is 3.50. The van der Waals surface area contributed by atoms with Crippen molar-refractivity contribution < 1.29 is 14.3 Å². The molecule has 1 heterocycles. The summed E-state index contributed by atoms with van der Waals surface area (Å²) in [6.45, 7) is 8.67. The summed E-state index contributed by atoms with van der Waals surface area (Å²) in [7, 11) is 0. The molecule has 1 fully saturated rings. The normalized spacial score (nSPS) is 23.8. The van der Waals surface area contributed by atoms with E-state index in [0.29, 0.717) is 12.6 Å². The first-order valence-electron chi connectivity index (χ1n) is 9.12. The van der Waals surface area contributed by atoms with Gasteiger partial charge in [-0.25, -0.2) is 4.79 Å². The minimum Gasteiger partial charge on any atom is -0.490 e. The number of benzene rings is 1. The molecule has 0 spiro atoms. The Labute approximate surface area is 145 Å². The van der Waals surface area contributed by atoms with Gasteiger partial charge in [-0.1, -0.05) is 6.92 Å². The molecule has 0 saturated heterocycles. The van der Waals surface area contributed by atoms with Crippen molar-refractivity contribution in [2.24, 2.45) is 5.92 Å². The van der Waals surface area contributed by atoms with Gasteiger partial charge < -0.3 is 9.47 Å². The van der Waals surface area contributed by atoms with Gasteiger partial charge in [0, 0.05) is 6.54 Å². The molecule has 0 atom stereocenters. The summed E-state index contributed by atoms with van der Waals surface area (Å²) >= 11 is 0. The molecule has 0 bridgehead atoms. The van der Waals surface area contributed by atoms with Crippen molar-refractivity contribution in [2.75, 3.05) is 11.4 Å². The van der Waals surface area contributed by atoms with Gasteiger partial charge in [0.1, 0.15) is 11.4 Å². The standard InChI is InChI=1S/C20H29NO3/c1-14-5-7-16(8-6-14)23-17-9-10-18-15(13-17)11-12-21(18)19(22)24-20(2,3)4/h9-10,13-14,16H,5-8,11-12H2,1-4H3. The zero-order valence-electron chi connectivity index (χ0n) is 15.3. The summed E-state index contributed by atoms with van der Waals surface area (Å²) in [4.78, 5) is 14.1. The predicted octanol–water partition coefficient (Wildman–Crippen LogP) is 4.94. The Bertz CT molecular complexity index is 597. The first kappa shape index (κ1) is 17.1. The topological polar surface area (TPSA) is 38.8 Å². The van der Waals surface area contributed by atoms with Gasteiger partial charge in [-0.2, -0.15) is 0 Å². The fraction of sp³-hybridized carbons (Fsp3) is 0.650. The van der Waals surface area contributed by atoms with Gasteiger partial charge in [-0.15, -0.1) is 0 Å². The molecule has 1 aliphatic carbocycles. The van der Waals surface area contributed by atoms with Crippen molar-refractivity contribution in [3.63, 3.8) is 0 Å². The smallest absolute Gasteiger partial charge is 0.414 e. The molecule has 24 heavy (non-hydrogen) atoms. The molecule has 1 aromatic rings. The summed E-state index contributed by atoms with van der Waals surface area (Å²) in [6, 6.07) is 6.07. The van der Waals surface area contributed by atoms with Gasteiger partial charge in [0.2, 0.25) is 0 Å². The highest BCUT2D eigenvalue weighted by Crippen LogP contribution is 2.34. The minimum atomic E-state index is -0.471. The number of anilines is 1. The van der Waals surface area contributed by atoms with Crippen LogP contribution in [0.5, 0.6) is 5.75 Å². The minimum absolute atomic E-state index is 0.267. The van der Waals surface area contributed by atoms with E-state index in [4.69, 9.17) is 9.47 Å². The molecule has 0 aromatic heterocycles. The van der Waals surface area contributed by atoms with Crippen LogP contribution < -0.4 is 9.64 Å². The molecular formula is C20H29NO3. The van der Waals surface area contributed by atoms with Gasteiger partial charge in [0.25, 0.3) is 0 Å². The number of rotatable bonds is 2. The number of carbonyl (C=O) groups is 1. The van der Waals surface area contributed by atoms with Crippen LogP contribution in [0, 0.1) is 5.92 Å². The first-order chi connectivity index (χ1) is 11.3. The summed E-state index contributed by atoms with van der Waals surface area (Å²) in [5.74, 6) is 1.76. The van der Waals surface area contributed by atoms with E-state index >= 15 is 0 Å². The van der Waals surface area contributed by atoms with E-state index in [-0.39, 0.29) is 6.09 Å². The van der Waals surface area contributed by atoms with E-state index in [1.165, 1.54) is 18.4 Å². The highest BCUT2D eigenvalue weighted by Gasteiger charge is 2.29. The Morgan fingerprint density at radius 3 is 2.54 bits per heavy atom. The quantitative estimate of drug-likeness (QED) is 0.770. The van der Waals surface area contributed by atoms with Gasteiger partial charge in [-0.3, -0.25) is 4.90 Å². The Morgan fingerprint density at radius 1 is 1.17 bits per heavy atom. The molecule has 1 aliphatic heterocycles. The van der Waals surface area contributed by atoms with Crippen molar-refractivity contribution in [1.29, 1.82) is 0 Å². The maximum absolute atomic E-state index is 12.3. The average Bonchev–Trinajstić information content (AvgIpc) is 2.91. The van der Waals surface area contributed by atoms with Gasteiger partial charge in [0.05, 0.1) is 11.8 Å². The molecule has 1 amide bonds. The Balaban J connectivity index is 1.66. The van der Waals surface area contributed by atoms with E-state index in [9.17, 15) is 4.79 Å². The summed E-state index contributed by atoms with van der Waals surface area (Å²) in [5.41, 5.74) is 1.65. The molecule has 4 heteroatoms. The molecule has 0 N–H and O–H groups in total. The largest absolute Gasteiger partial charge is 0.490 e. The third kappa shape index (κ3) is 4.03. The van der Waals surface area contributed by atoms with Crippen molar-refractivity contribution in [1.82, 2.24) is 0 Å². The Kier molecular flexibility index (Phi) is 4.75. The molecule has 0 radical (unpaired) electrons. The van der Waals surface area contributed by atoms with Crippen molar-refractivity contribution in [2.45, 2.75) is 71.5 Å². The van der Waals surface area contributed by atoms with Gasteiger partial charge in [0.15, 0.2) is 0 Å². The maximum Gasteiger partial charge on any atom is 0.414 e. The zero-order chi connectivity index (χ0) is 17.3. The predicted molar refractivity (Wildman–Crippen MR) is 95.8 cm³/mol. The lowest BCUT2D eigenvalue weighted by atomic mass is 9.89. The number of hydrogen-bond donors (Lipinski definition) is 0. The Morgan fingerprint density at radius 2 is 1.88 bits per heavy atom. The summed E-state index contributed by atoms with van der Waals surface area (Å²) in [5, 5.41) is 0. The molecule has 0 unspecified atom stereocenters. The molecular weight excluding hydrogens is 302 g/mol. The third-order valence-corrected chi connectivity index (χ3v) is 4.83. The third-order valence-electron chi connectivity index (χ3n) is 4.83.